The molecule has 0 spiro atoms. The fraction of sp³-hybridized carbons (Fsp3) is 0. The van der Waals surface area contributed by atoms with Crippen LogP contribution in [0.25, 0.3) is 291 Å². The summed E-state index contributed by atoms with van der Waals surface area (Å²) >= 11 is 7.56. The van der Waals surface area contributed by atoms with Crippen LogP contribution in [0.3, 0.4) is 0 Å². The van der Waals surface area contributed by atoms with Crippen LogP contribution in [0.5, 0.6) is 0 Å². The van der Waals surface area contributed by atoms with E-state index in [1.54, 1.807) is 0 Å². The van der Waals surface area contributed by atoms with Crippen molar-refractivity contribution in [3.63, 3.8) is 0 Å². The minimum atomic E-state index is 0.639. The minimum Gasteiger partial charge on any atom is -0.309 e. The number of rotatable bonds is 10. The highest BCUT2D eigenvalue weighted by Crippen LogP contribution is 2.50. The first-order valence-corrected chi connectivity index (χ1v) is 49.7. The molecular formula is C126H72N8S4. The molecule has 0 N–H and O–H groups in total. The lowest BCUT2D eigenvalue weighted by Gasteiger charge is -2.15. The number of thiophene rings is 4. The van der Waals surface area contributed by atoms with Gasteiger partial charge >= 0.3 is 0 Å². The third kappa shape index (κ3) is 12.7. The van der Waals surface area contributed by atoms with Gasteiger partial charge in [0.25, 0.3) is 0 Å². The monoisotopic (exact) mass is 1820 g/mol. The fourth-order valence-corrected chi connectivity index (χ4v) is 26.0. The first-order chi connectivity index (χ1) is 68.3. The molecule has 0 bridgehead atoms. The van der Waals surface area contributed by atoms with Gasteiger partial charge in [-0.05, 0) is 220 Å². The minimum absolute atomic E-state index is 0.639. The van der Waals surface area contributed by atoms with Crippen molar-refractivity contribution in [1.29, 1.82) is 0 Å². The second kappa shape index (κ2) is 31.2. The van der Waals surface area contributed by atoms with Crippen LogP contribution in [0.1, 0.15) is 0 Å². The third-order valence-corrected chi connectivity index (χ3v) is 32.6. The molecule has 8 aromatic heterocycles. The molecule has 8 heterocycles. The molecule has 640 valence electrons. The number of para-hydroxylation sites is 2. The fourth-order valence-electron chi connectivity index (χ4n) is 21.5. The van der Waals surface area contributed by atoms with Gasteiger partial charge in [0, 0.05) is 147 Å². The van der Waals surface area contributed by atoms with Gasteiger partial charge in [0.2, 0.25) is 0 Å². The summed E-state index contributed by atoms with van der Waals surface area (Å²) in [4.78, 5) is 30.3. The van der Waals surface area contributed by atoms with Crippen LogP contribution in [0, 0.1) is 0 Å². The molecule has 30 rings (SSSR count). The van der Waals surface area contributed by atoms with Gasteiger partial charge in [-0.15, -0.1) is 45.3 Å². The van der Waals surface area contributed by atoms with Crippen LogP contribution in [-0.4, -0.2) is 39.0 Å². The molecule has 22 aromatic carbocycles. The van der Waals surface area contributed by atoms with Crippen molar-refractivity contribution in [2.75, 3.05) is 0 Å². The van der Waals surface area contributed by atoms with Crippen LogP contribution in [-0.2, 0) is 0 Å². The van der Waals surface area contributed by atoms with Crippen molar-refractivity contribution in [3.8, 4) is 102 Å². The van der Waals surface area contributed by atoms with Crippen molar-refractivity contribution in [2.45, 2.75) is 0 Å². The maximum atomic E-state index is 5.12. The summed E-state index contributed by atoms with van der Waals surface area (Å²) in [6, 6.07) is 158. The third-order valence-electron chi connectivity index (χ3n) is 28.0. The van der Waals surface area contributed by atoms with Crippen LogP contribution in [0.4, 0.5) is 0 Å². The van der Waals surface area contributed by atoms with E-state index in [2.05, 4.69) is 373 Å². The van der Waals surface area contributed by atoms with Crippen molar-refractivity contribution in [3.05, 3.63) is 437 Å². The Labute approximate surface area is 805 Å². The Bertz CT molecular complexity index is 10200. The quantitative estimate of drug-likeness (QED) is 0.127. The molecule has 0 saturated carbocycles. The lowest BCUT2D eigenvalue weighted by molar-refractivity contribution is 1.07. The second-order valence-corrected chi connectivity index (χ2v) is 40.2. The molecule has 0 atom stereocenters. The highest BCUT2D eigenvalue weighted by atomic mass is 32.1. The summed E-state index contributed by atoms with van der Waals surface area (Å²) in [5.41, 5.74) is 17.5. The zero-order valence-electron chi connectivity index (χ0n) is 73.8. The molecular weight excluding hydrogens is 1750 g/mol. The van der Waals surface area contributed by atoms with Crippen LogP contribution >= 0.6 is 45.3 Å². The van der Waals surface area contributed by atoms with Gasteiger partial charge in [0.15, 0.2) is 34.9 Å². The Morgan fingerprint density at radius 2 is 0.348 bits per heavy atom. The first-order valence-electron chi connectivity index (χ1n) is 46.5. The van der Waals surface area contributed by atoms with E-state index in [0.717, 1.165) is 55.5 Å². The molecule has 8 nitrogen and oxygen atoms in total. The van der Waals surface area contributed by atoms with Gasteiger partial charge in [-0.2, -0.15) is 0 Å². The molecule has 30 aromatic rings. The Balaban J connectivity index is 0.000000133. The van der Waals surface area contributed by atoms with Crippen LogP contribution < -0.4 is 0 Å². The van der Waals surface area contributed by atoms with Crippen molar-refractivity contribution in [1.82, 2.24) is 39.0 Å². The number of hydrogen-bond donors (Lipinski definition) is 0. The van der Waals surface area contributed by atoms with E-state index in [1.165, 1.54) is 200 Å². The summed E-state index contributed by atoms with van der Waals surface area (Å²) in [6.07, 6.45) is 0. The van der Waals surface area contributed by atoms with Gasteiger partial charge in [-0.25, -0.2) is 29.9 Å². The molecule has 0 fully saturated rings. The van der Waals surface area contributed by atoms with E-state index in [-0.39, 0.29) is 0 Å². The molecule has 0 radical (unpaired) electrons. The maximum Gasteiger partial charge on any atom is 0.164 e. The van der Waals surface area contributed by atoms with E-state index in [4.69, 9.17) is 29.9 Å². The summed E-state index contributed by atoms with van der Waals surface area (Å²) in [5, 5.41) is 30.0. The van der Waals surface area contributed by atoms with Crippen LogP contribution in [0.15, 0.2) is 437 Å². The molecule has 138 heavy (non-hydrogen) atoms. The Morgan fingerprint density at radius 3 is 0.717 bits per heavy atom. The molecule has 0 aliphatic heterocycles. The normalized spacial score (nSPS) is 12.1. The van der Waals surface area contributed by atoms with Gasteiger partial charge in [-0.3, -0.25) is 0 Å². The summed E-state index contributed by atoms with van der Waals surface area (Å²) in [7, 11) is 0. The molecule has 0 amide bonds. The highest BCUT2D eigenvalue weighted by molar-refractivity contribution is 7.28. The zero-order chi connectivity index (χ0) is 90.3. The lowest BCUT2D eigenvalue weighted by Crippen LogP contribution is -2.00. The van der Waals surface area contributed by atoms with Crippen molar-refractivity contribution < 1.29 is 0 Å². The smallest absolute Gasteiger partial charge is 0.164 e. The molecule has 0 unspecified atom stereocenters. The van der Waals surface area contributed by atoms with Crippen molar-refractivity contribution in [2.24, 2.45) is 0 Å². The predicted octanol–water partition coefficient (Wildman–Crippen LogP) is 35.7. The molecule has 0 aliphatic rings. The second-order valence-electron chi connectivity index (χ2n) is 35.8. The molecule has 0 aliphatic carbocycles. The van der Waals surface area contributed by atoms with E-state index in [1.807, 2.05) is 118 Å². The summed E-state index contributed by atoms with van der Waals surface area (Å²) in [6.45, 7) is 0. The van der Waals surface area contributed by atoms with E-state index in [0.29, 0.717) is 34.9 Å². The molecule has 12 heteroatoms. The Morgan fingerprint density at radius 1 is 0.123 bits per heavy atom. The maximum absolute atomic E-state index is 5.12. The van der Waals surface area contributed by atoms with E-state index in [9.17, 15) is 0 Å². The number of fused-ring (bicyclic) bond motifs is 30. The summed E-state index contributed by atoms with van der Waals surface area (Å²) < 4.78 is 15.6. The van der Waals surface area contributed by atoms with Gasteiger partial charge in [0.1, 0.15) is 0 Å². The average Bonchev–Trinajstić information content (AvgIpc) is 1.66. The average molecular weight is 1830 g/mol. The Kier molecular flexibility index (Phi) is 17.8. The number of nitrogens with zero attached hydrogens (tertiary/aromatic N) is 8. The number of hydrogen-bond acceptors (Lipinski definition) is 10. The van der Waals surface area contributed by atoms with E-state index < -0.39 is 0 Å². The SMILES string of the molecule is c1ccc(-c2nc(-c3ccccc3)nc(-c3ccc4c5ccc(-n6c7ccccc7c7cc(-c8ccc9sc%10cc%11c(cc%10c9c8)sc8ccccc8%11)ccc76)cc5c5ccccc5c4c3)n2)cc1.c1ccc(-c2nc(-c3ccccc3)nc(-c3ccc4c5ccccc5c5ccc(-n6c7ccccc7c7cc(-c8ccc9sc%10cc%11c(cc%10c9c8)sc8ccccc8%11)ccc76)cc5c4c3)n2)cc1. The first kappa shape index (κ1) is 78.4. The predicted molar refractivity (Wildman–Crippen MR) is 588 cm³/mol. The zero-order valence-corrected chi connectivity index (χ0v) is 77.0. The van der Waals surface area contributed by atoms with Gasteiger partial charge < -0.3 is 9.13 Å². The van der Waals surface area contributed by atoms with Crippen LogP contribution in [0.2, 0.25) is 0 Å². The number of aromatic nitrogens is 8. The summed E-state index contributed by atoms with van der Waals surface area (Å²) in [5.74, 6) is 3.88. The topological polar surface area (TPSA) is 87.2 Å². The molecule has 0 saturated heterocycles. The largest absolute Gasteiger partial charge is 0.309 e. The van der Waals surface area contributed by atoms with Gasteiger partial charge in [0.05, 0.1) is 22.1 Å². The van der Waals surface area contributed by atoms with E-state index >= 15 is 0 Å². The number of benzene rings is 22. The lowest BCUT2D eigenvalue weighted by atomic mass is 9.93. The highest BCUT2D eigenvalue weighted by Gasteiger charge is 2.25. The van der Waals surface area contributed by atoms with Gasteiger partial charge in [-0.1, -0.05) is 303 Å². The Hall–Kier alpha value is -17.1. The van der Waals surface area contributed by atoms with Crippen molar-refractivity contribution >= 4 is 234 Å². The standard InChI is InChI=1S/2C63H36N4S2/c1-3-13-37(14-4-1)61-64-62(38-15-5-2-6-16-38)66-63(65-61)41-23-27-45-46-28-26-42(34-50(46)44-18-8-7-17-43(44)49(45)33-41)67-55-21-11-9-19-47(55)51-31-39(24-29-56(51)67)40-25-30-58-52(32-40)54-36-59-53(35-60(54)69-58)48-20-10-12-22-57(48)68-59;1-3-13-37(14-4-1)61-64-62(38-15-5-2-6-16-38)66-63(65-61)41-23-27-45-43-17-7-8-18-44(43)46-28-26-42(34-50(46)49(45)33-41)67-55-21-11-9-19-47(55)51-31-39(24-29-56(51)67)40-25-30-58-52(32-40)54-36-59-53(35-60(54)69-58)48-20-10-12-22-57(48)68-59/h2*1-36H.